The monoisotopic (exact) mass is 280 g/mol. The van der Waals surface area contributed by atoms with Gasteiger partial charge in [0.1, 0.15) is 11.3 Å². The minimum Gasteiger partial charge on any atom is -0.497 e. The topological polar surface area (TPSA) is 59.9 Å². The second-order valence-corrected chi connectivity index (χ2v) is 4.88. The van der Waals surface area contributed by atoms with Gasteiger partial charge in [-0.05, 0) is 37.1 Å². The van der Waals surface area contributed by atoms with Crippen LogP contribution in [0.5, 0.6) is 5.75 Å². The lowest BCUT2D eigenvalue weighted by molar-refractivity contribution is 0.415. The summed E-state index contributed by atoms with van der Waals surface area (Å²) in [5.74, 6) is 1.24. The number of para-hydroxylation sites is 1. The first-order valence-electron chi connectivity index (χ1n) is 6.69. The predicted molar refractivity (Wildman–Crippen MR) is 83.1 cm³/mol. The van der Waals surface area contributed by atoms with Gasteiger partial charge in [-0.15, -0.1) is 10.2 Å². The Morgan fingerprint density at radius 3 is 2.43 bits per heavy atom. The fourth-order valence-corrected chi connectivity index (χ4v) is 2.22. The molecule has 5 nitrogen and oxygen atoms in total. The molecule has 1 N–H and O–H groups in total. The number of fused-ring (bicyclic) bond motifs is 1. The number of anilines is 2. The largest absolute Gasteiger partial charge is 0.497 e. The average Bonchev–Trinajstić information content (AvgIpc) is 2.50. The minimum atomic E-state index is 0.491. The van der Waals surface area contributed by atoms with Gasteiger partial charge in [-0.2, -0.15) is 0 Å². The van der Waals surface area contributed by atoms with Crippen molar-refractivity contribution in [3.8, 4) is 5.75 Å². The van der Waals surface area contributed by atoms with Gasteiger partial charge >= 0.3 is 0 Å². The van der Waals surface area contributed by atoms with Crippen molar-refractivity contribution in [3.05, 3.63) is 47.5 Å². The molecule has 0 atom stereocenters. The molecule has 21 heavy (non-hydrogen) atoms. The van der Waals surface area contributed by atoms with Gasteiger partial charge < -0.3 is 10.1 Å². The average molecular weight is 280 g/mol. The molecule has 1 heterocycles. The van der Waals surface area contributed by atoms with Gasteiger partial charge in [0.05, 0.1) is 12.6 Å². The van der Waals surface area contributed by atoms with Gasteiger partial charge in [-0.1, -0.05) is 18.2 Å². The van der Waals surface area contributed by atoms with Gasteiger partial charge in [-0.25, -0.2) is 4.98 Å². The van der Waals surface area contributed by atoms with E-state index in [0.717, 1.165) is 28.1 Å². The molecule has 106 valence electrons. The summed E-state index contributed by atoms with van der Waals surface area (Å²) in [6.07, 6.45) is 0. The Morgan fingerprint density at radius 2 is 1.71 bits per heavy atom. The molecule has 0 radical (unpaired) electrons. The second-order valence-electron chi connectivity index (χ2n) is 4.88. The van der Waals surface area contributed by atoms with Crippen molar-refractivity contribution in [2.24, 2.45) is 0 Å². The van der Waals surface area contributed by atoms with E-state index >= 15 is 0 Å². The van der Waals surface area contributed by atoms with Crippen LogP contribution in [0.1, 0.15) is 11.1 Å². The molecule has 0 amide bonds. The summed E-state index contributed by atoms with van der Waals surface area (Å²) in [7, 11) is 1.62. The van der Waals surface area contributed by atoms with E-state index in [-0.39, 0.29) is 0 Å². The van der Waals surface area contributed by atoms with Crippen LogP contribution >= 0.6 is 0 Å². The van der Waals surface area contributed by atoms with Crippen LogP contribution < -0.4 is 10.1 Å². The number of aryl methyl sites for hydroxylation is 2. The lowest BCUT2D eigenvalue weighted by Crippen LogP contribution is -2.02. The van der Waals surface area contributed by atoms with Crippen LogP contribution in [0.15, 0.2) is 36.4 Å². The highest BCUT2D eigenvalue weighted by Gasteiger charge is 2.07. The normalized spacial score (nSPS) is 10.6. The Kier molecular flexibility index (Phi) is 3.39. The molecule has 5 heteroatoms. The summed E-state index contributed by atoms with van der Waals surface area (Å²) in [4.78, 5) is 4.49. The molecule has 0 bridgehead atoms. The first-order chi connectivity index (χ1) is 10.2. The molecule has 0 spiro atoms. The van der Waals surface area contributed by atoms with E-state index < -0.39 is 0 Å². The van der Waals surface area contributed by atoms with E-state index in [2.05, 4.69) is 46.5 Å². The molecule has 0 saturated heterocycles. The Balaban J connectivity index is 1.98. The Hall–Kier alpha value is -2.69. The fourth-order valence-electron chi connectivity index (χ4n) is 2.22. The van der Waals surface area contributed by atoms with E-state index in [9.17, 15) is 0 Å². The quantitative estimate of drug-likeness (QED) is 0.796. The highest BCUT2D eigenvalue weighted by Crippen LogP contribution is 2.23. The number of hydrogen-bond acceptors (Lipinski definition) is 5. The highest BCUT2D eigenvalue weighted by molar-refractivity contribution is 5.77. The Labute approximate surface area is 123 Å². The summed E-state index contributed by atoms with van der Waals surface area (Å²) in [5, 5.41) is 11.6. The standard InChI is InChI=1S/C16H16N4O/c1-10-5-4-6-11(2)15(10)18-16-17-13-8-7-12(21-3)9-14(13)19-20-16/h4-9H,1-3H3,(H,17,18,20). The second kappa shape index (κ2) is 5.36. The SMILES string of the molecule is COc1ccc2nc(Nc3c(C)cccc3C)nnc2c1. The molecule has 0 fully saturated rings. The summed E-state index contributed by atoms with van der Waals surface area (Å²) < 4.78 is 5.17. The van der Waals surface area contributed by atoms with Crippen LogP contribution in [0.2, 0.25) is 0 Å². The van der Waals surface area contributed by atoms with Crippen LogP contribution in [0.3, 0.4) is 0 Å². The number of nitrogens with zero attached hydrogens (tertiary/aromatic N) is 3. The molecule has 3 aromatic rings. The lowest BCUT2D eigenvalue weighted by atomic mass is 10.1. The molecule has 0 unspecified atom stereocenters. The van der Waals surface area contributed by atoms with Crippen LogP contribution in [0, 0.1) is 13.8 Å². The van der Waals surface area contributed by atoms with Crippen LogP contribution in [-0.2, 0) is 0 Å². The van der Waals surface area contributed by atoms with Crippen molar-refractivity contribution >= 4 is 22.7 Å². The zero-order valence-corrected chi connectivity index (χ0v) is 12.2. The van der Waals surface area contributed by atoms with Gasteiger partial charge in [-0.3, -0.25) is 0 Å². The summed E-state index contributed by atoms with van der Waals surface area (Å²) in [6, 6.07) is 11.7. The highest BCUT2D eigenvalue weighted by atomic mass is 16.5. The van der Waals surface area contributed by atoms with Crippen LogP contribution in [0.25, 0.3) is 11.0 Å². The molecule has 1 aromatic heterocycles. The van der Waals surface area contributed by atoms with E-state index in [1.165, 1.54) is 0 Å². The first kappa shape index (κ1) is 13.3. The predicted octanol–water partition coefficient (Wildman–Crippen LogP) is 3.39. The van der Waals surface area contributed by atoms with Gasteiger partial charge in [0.15, 0.2) is 0 Å². The van der Waals surface area contributed by atoms with Gasteiger partial charge in [0.25, 0.3) is 0 Å². The molecule has 2 aromatic carbocycles. The maximum atomic E-state index is 5.17. The molecular formula is C16H16N4O. The fraction of sp³-hybridized carbons (Fsp3) is 0.188. The number of nitrogens with one attached hydrogen (secondary N) is 1. The number of benzene rings is 2. The molecule has 3 rings (SSSR count). The van der Waals surface area contributed by atoms with Gasteiger partial charge in [0.2, 0.25) is 5.95 Å². The number of aromatic nitrogens is 3. The van der Waals surface area contributed by atoms with E-state index in [1.807, 2.05) is 24.3 Å². The maximum Gasteiger partial charge on any atom is 0.247 e. The number of ether oxygens (including phenoxy) is 1. The molecule has 0 aliphatic carbocycles. The van der Waals surface area contributed by atoms with E-state index in [1.54, 1.807) is 7.11 Å². The van der Waals surface area contributed by atoms with Crippen molar-refractivity contribution in [2.45, 2.75) is 13.8 Å². The number of rotatable bonds is 3. The number of hydrogen-bond donors (Lipinski definition) is 1. The smallest absolute Gasteiger partial charge is 0.247 e. The number of methoxy groups -OCH3 is 1. The molecule has 0 aliphatic rings. The van der Waals surface area contributed by atoms with Crippen LogP contribution in [0.4, 0.5) is 11.6 Å². The third-order valence-corrected chi connectivity index (χ3v) is 3.38. The van der Waals surface area contributed by atoms with E-state index in [0.29, 0.717) is 11.5 Å². The third kappa shape index (κ3) is 2.63. The Bertz CT molecular complexity index is 781. The molecular weight excluding hydrogens is 264 g/mol. The zero-order chi connectivity index (χ0) is 14.8. The Morgan fingerprint density at radius 1 is 0.952 bits per heavy atom. The van der Waals surface area contributed by atoms with Gasteiger partial charge in [0, 0.05) is 11.8 Å². The van der Waals surface area contributed by atoms with Crippen molar-refractivity contribution in [1.82, 2.24) is 15.2 Å². The van der Waals surface area contributed by atoms with Crippen LogP contribution in [-0.4, -0.2) is 22.3 Å². The summed E-state index contributed by atoms with van der Waals surface area (Å²) >= 11 is 0. The molecule has 0 aliphatic heterocycles. The van der Waals surface area contributed by atoms with Crippen molar-refractivity contribution in [1.29, 1.82) is 0 Å². The summed E-state index contributed by atoms with van der Waals surface area (Å²) in [5.41, 5.74) is 4.80. The molecule has 0 saturated carbocycles. The third-order valence-electron chi connectivity index (χ3n) is 3.38. The zero-order valence-electron chi connectivity index (χ0n) is 12.2. The lowest BCUT2D eigenvalue weighted by Gasteiger charge is -2.11. The maximum absolute atomic E-state index is 5.17. The minimum absolute atomic E-state index is 0.491. The van der Waals surface area contributed by atoms with Crippen molar-refractivity contribution in [2.75, 3.05) is 12.4 Å². The van der Waals surface area contributed by atoms with Crippen molar-refractivity contribution in [3.63, 3.8) is 0 Å². The van der Waals surface area contributed by atoms with E-state index in [4.69, 9.17) is 4.74 Å². The first-order valence-corrected chi connectivity index (χ1v) is 6.69. The van der Waals surface area contributed by atoms with Crippen molar-refractivity contribution < 1.29 is 4.74 Å². The summed E-state index contributed by atoms with van der Waals surface area (Å²) in [6.45, 7) is 4.10.